The summed E-state index contributed by atoms with van der Waals surface area (Å²) in [6, 6.07) is 11.4. The second-order valence-electron chi connectivity index (χ2n) is 4.74. The quantitative estimate of drug-likeness (QED) is 0.665. The summed E-state index contributed by atoms with van der Waals surface area (Å²) in [6.45, 7) is 0. The molecule has 122 valence electrons. The van der Waals surface area contributed by atoms with Crippen molar-refractivity contribution in [1.82, 2.24) is 5.32 Å². The van der Waals surface area contributed by atoms with E-state index in [0.717, 1.165) is 6.07 Å². The molecule has 2 rings (SSSR count). The minimum Gasteiger partial charge on any atom is -0.454 e. The molecule has 0 saturated heterocycles. The van der Waals surface area contributed by atoms with Gasteiger partial charge >= 0.3 is 0 Å². The van der Waals surface area contributed by atoms with E-state index in [4.69, 9.17) is 21.6 Å². The number of nitrogens with zero attached hydrogens (tertiary/aromatic N) is 1. The lowest BCUT2D eigenvalue weighted by Crippen LogP contribution is -2.32. The van der Waals surface area contributed by atoms with Gasteiger partial charge in [0.05, 0.1) is 6.07 Å². The average Bonchev–Trinajstić information content (AvgIpc) is 2.58. The first-order valence-electron chi connectivity index (χ1n) is 6.84. The highest BCUT2D eigenvalue weighted by Gasteiger charge is 2.27. The predicted octanol–water partition coefficient (Wildman–Crippen LogP) is 3.34. The Morgan fingerprint density at radius 3 is 2.46 bits per heavy atom. The molecule has 2 aromatic rings. The Labute approximate surface area is 142 Å². The topological polar surface area (TPSA) is 79.2 Å². The summed E-state index contributed by atoms with van der Waals surface area (Å²) in [5.41, 5.74) is -0.0916. The number of hydrogen-bond donors (Lipinski definition) is 1. The Morgan fingerprint density at radius 2 is 1.92 bits per heavy atom. The molecule has 0 spiro atoms. The van der Waals surface area contributed by atoms with Crippen molar-refractivity contribution in [2.24, 2.45) is 5.92 Å². The van der Waals surface area contributed by atoms with E-state index < -0.39 is 23.4 Å². The number of benzene rings is 2. The van der Waals surface area contributed by atoms with E-state index in [-0.39, 0.29) is 11.3 Å². The fraction of sp³-hybridized carbons (Fsp3) is 0.118. The number of carbonyl (C=O) groups is 2. The molecule has 24 heavy (non-hydrogen) atoms. The highest BCUT2D eigenvalue weighted by atomic mass is 35.5. The standard InChI is InChI=1S/C17H12ClFN2O3/c1-21-17(23)13(9-20)16(22)10-2-7-15(14(19)8-10)24-12-5-3-11(18)4-6-12/h2-8,13H,1H3,(H,21,23)/t13-/m1/s1. The molecule has 0 aliphatic carbocycles. The Balaban J connectivity index is 2.23. The maximum absolute atomic E-state index is 14.1. The lowest BCUT2D eigenvalue weighted by atomic mass is 9.98. The van der Waals surface area contributed by atoms with Crippen LogP contribution >= 0.6 is 11.6 Å². The molecule has 0 saturated carbocycles. The summed E-state index contributed by atoms with van der Waals surface area (Å²) in [4.78, 5) is 23.6. The Hall–Kier alpha value is -2.91. The van der Waals surface area contributed by atoms with Crippen LogP contribution in [0.3, 0.4) is 0 Å². The highest BCUT2D eigenvalue weighted by Crippen LogP contribution is 2.27. The number of Topliss-reactive ketones (excluding diaryl/α,β-unsaturated/α-hetero) is 1. The zero-order valence-corrected chi connectivity index (χ0v) is 13.3. The van der Waals surface area contributed by atoms with Crippen LogP contribution in [-0.2, 0) is 4.79 Å². The highest BCUT2D eigenvalue weighted by molar-refractivity contribution is 6.30. The molecular formula is C17H12ClFN2O3. The molecule has 0 fully saturated rings. The molecule has 1 atom stereocenters. The van der Waals surface area contributed by atoms with Crippen LogP contribution in [0, 0.1) is 23.1 Å². The molecule has 1 amide bonds. The first-order chi connectivity index (χ1) is 11.5. The van der Waals surface area contributed by atoms with E-state index in [2.05, 4.69) is 5.32 Å². The van der Waals surface area contributed by atoms with Crippen LogP contribution in [0.4, 0.5) is 4.39 Å². The third-order valence-electron chi connectivity index (χ3n) is 3.16. The number of nitrogens with one attached hydrogen (secondary N) is 1. The summed E-state index contributed by atoms with van der Waals surface area (Å²) in [7, 11) is 1.31. The lowest BCUT2D eigenvalue weighted by molar-refractivity contribution is -0.121. The van der Waals surface area contributed by atoms with Gasteiger partial charge in [-0.25, -0.2) is 4.39 Å². The largest absolute Gasteiger partial charge is 0.454 e. The average molecular weight is 347 g/mol. The van der Waals surface area contributed by atoms with Gasteiger partial charge in [-0.2, -0.15) is 5.26 Å². The smallest absolute Gasteiger partial charge is 0.245 e. The summed E-state index contributed by atoms with van der Waals surface area (Å²) >= 11 is 5.76. The van der Waals surface area contributed by atoms with E-state index >= 15 is 0 Å². The predicted molar refractivity (Wildman–Crippen MR) is 85.4 cm³/mol. The number of ketones is 1. The molecule has 0 aliphatic rings. The monoisotopic (exact) mass is 346 g/mol. The molecule has 0 unspecified atom stereocenters. The molecule has 0 bridgehead atoms. The second-order valence-corrected chi connectivity index (χ2v) is 5.18. The number of amides is 1. The summed E-state index contributed by atoms with van der Waals surface area (Å²) in [5, 5.41) is 11.7. The van der Waals surface area contributed by atoms with Crippen molar-refractivity contribution >= 4 is 23.3 Å². The first kappa shape index (κ1) is 17.4. The summed E-state index contributed by atoms with van der Waals surface area (Å²) in [5.74, 6) is -3.57. The van der Waals surface area contributed by atoms with Gasteiger partial charge < -0.3 is 10.1 Å². The van der Waals surface area contributed by atoms with Crippen molar-refractivity contribution in [1.29, 1.82) is 5.26 Å². The molecule has 0 radical (unpaired) electrons. The molecule has 5 nitrogen and oxygen atoms in total. The van der Waals surface area contributed by atoms with E-state index in [1.54, 1.807) is 30.3 Å². The number of carbonyl (C=O) groups excluding carboxylic acids is 2. The maximum atomic E-state index is 14.1. The van der Waals surface area contributed by atoms with Crippen molar-refractivity contribution in [2.45, 2.75) is 0 Å². The Morgan fingerprint density at radius 1 is 1.25 bits per heavy atom. The van der Waals surface area contributed by atoms with Gasteiger partial charge in [-0.3, -0.25) is 9.59 Å². The zero-order valence-electron chi connectivity index (χ0n) is 12.5. The van der Waals surface area contributed by atoms with Gasteiger partial charge in [0.2, 0.25) is 5.91 Å². The molecule has 0 heterocycles. The molecule has 1 N–H and O–H groups in total. The van der Waals surface area contributed by atoms with Crippen molar-refractivity contribution < 1.29 is 18.7 Å². The van der Waals surface area contributed by atoms with Gasteiger partial charge in [0.25, 0.3) is 0 Å². The SMILES string of the molecule is CNC(=O)[C@H](C#N)C(=O)c1ccc(Oc2ccc(Cl)cc2)c(F)c1. The Bertz CT molecular complexity index is 816. The van der Waals surface area contributed by atoms with Crippen LogP contribution in [0.5, 0.6) is 11.5 Å². The fourth-order valence-corrected chi connectivity index (χ4v) is 2.04. The van der Waals surface area contributed by atoms with Gasteiger partial charge in [-0.05, 0) is 42.5 Å². The van der Waals surface area contributed by atoms with E-state index in [1.807, 2.05) is 0 Å². The minimum atomic E-state index is -1.53. The van der Waals surface area contributed by atoms with Gasteiger partial charge in [-0.1, -0.05) is 11.6 Å². The van der Waals surface area contributed by atoms with Crippen LogP contribution in [0.15, 0.2) is 42.5 Å². The van der Waals surface area contributed by atoms with Crippen LogP contribution in [-0.4, -0.2) is 18.7 Å². The number of hydrogen-bond acceptors (Lipinski definition) is 4. The van der Waals surface area contributed by atoms with Crippen molar-refractivity contribution in [3.8, 4) is 17.6 Å². The number of ether oxygens (including phenoxy) is 1. The first-order valence-corrected chi connectivity index (χ1v) is 7.22. The third-order valence-corrected chi connectivity index (χ3v) is 3.41. The van der Waals surface area contributed by atoms with E-state index in [9.17, 15) is 14.0 Å². The molecule has 0 aromatic heterocycles. The van der Waals surface area contributed by atoms with Crippen molar-refractivity contribution in [3.63, 3.8) is 0 Å². The number of halogens is 2. The minimum absolute atomic E-state index is 0.0916. The fourth-order valence-electron chi connectivity index (χ4n) is 1.91. The van der Waals surface area contributed by atoms with Crippen LogP contribution in [0.2, 0.25) is 5.02 Å². The van der Waals surface area contributed by atoms with Gasteiger partial charge in [0.1, 0.15) is 5.75 Å². The molecule has 7 heteroatoms. The zero-order chi connectivity index (χ0) is 17.7. The van der Waals surface area contributed by atoms with E-state index in [1.165, 1.54) is 19.2 Å². The Kier molecular flexibility index (Phi) is 5.51. The summed E-state index contributed by atoms with van der Waals surface area (Å²) in [6.07, 6.45) is 0. The number of nitriles is 1. The van der Waals surface area contributed by atoms with Crippen LogP contribution < -0.4 is 10.1 Å². The summed E-state index contributed by atoms with van der Waals surface area (Å²) < 4.78 is 19.5. The van der Waals surface area contributed by atoms with Crippen molar-refractivity contribution in [3.05, 3.63) is 58.9 Å². The van der Waals surface area contributed by atoms with E-state index in [0.29, 0.717) is 10.8 Å². The van der Waals surface area contributed by atoms with Crippen molar-refractivity contribution in [2.75, 3.05) is 7.05 Å². The molecular weight excluding hydrogens is 335 g/mol. The van der Waals surface area contributed by atoms with Crippen LogP contribution in [0.1, 0.15) is 10.4 Å². The maximum Gasteiger partial charge on any atom is 0.245 e. The van der Waals surface area contributed by atoms with Gasteiger partial charge in [-0.15, -0.1) is 0 Å². The normalized spacial score (nSPS) is 11.2. The van der Waals surface area contributed by atoms with Gasteiger partial charge in [0.15, 0.2) is 23.3 Å². The third kappa shape index (κ3) is 3.89. The molecule has 0 aliphatic heterocycles. The lowest BCUT2D eigenvalue weighted by Gasteiger charge is -2.10. The van der Waals surface area contributed by atoms with Crippen LogP contribution in [0.25, 0.3) is 0 Å². The number of rotatable bonds is 5. The second kappa shape index (κ2) is 7.57. The molecule has 2 aromatic carbocycles. The van der Waals surface area contributed by atoms with Gasteiger partial charge in [0, 0.05) is 17.6 Å².